The lowest BCUT2D eigenvalue weighted by molar-refractivity contribution is -0.381. The van der Waals surface area contributed by atoms with Gasteiger partial charge in [-0.2, -0.15) is 0 Å². The van der Waals surface area contributed by atoms with Crippen molar-refractivity contribution in [3.8, 4) is 11.1 Å². The summed E-state index contributed by atoms with van der Waals surface area (Å²) < 4.78 is 1.55. The molecule has 0 fully saturated rings. The summed E-state index contributed by atoms with van der Waals surface area (Å²) in [4.78, 5) is 23.8. The van der Waals surface area contributed by atoms with E-state index in [4.69, 9.17) is 0 Å². The molecule has 174 valence electrons. The first-order valence-electron chi connectivity index (χ1n) is 10.9. The van der Waals surface area contributed by atoms with Crippen LogP contribution in [-0.4, -0.2) is 9.85 Å². The SMILES string of the molecule is O=[N+]([O-])c1c2ccccc2c(-c2c3ccccc3c([N+](=O)[O-])c3ccc(Br)cc23)c2cc(Br)ccc12. The van der Waals surface area contributed by atoms with Crippen molar-refractivity contribution >= 4 is 86.3 Å². The lowest BCUT2D eigenvalue weighted by atomic mass is 9.85. The molecule has 0 N–H and O–H groups in total. The number of hydrogen-bond donors (Lipinski definition) is 0. The zero-order valence-corrected chi connectivity index (χ0v) is 21.5. The lowest BCUT2D eigenvalue weighted by Gasteiger charge is -2.18. The van der Waals surface area contributed by atoms with E-state index in [2.05, 4.69) is 31.9 Å². The van der Waals surface area contributed by atoms with Crippen LogP contribution in [0.25, 0.3) is 54.2 Å². The molecular weight excluding hydrogens is 588 g/mol. The molecule has 8 heteroatoms. The molecule has 6 aromatic rings. The molecule has 0 bridgehead atoms. The molecule has 0 atom stereocenters. The van der Waals surface area contributed by atoms with E-state index in [0.29, 0.717) is 43.1 Å². The van der Waals surface area contributed by atoms with Crippen LogP contribution in [0.5, 0.6) is 0 Å². The molecule has 0 aliphatic carbocycles. The molecule has 0 unspecified atom stereocenters. The average Bonchev–Trinajstić information content (AvgIpc) is 2.85. The molecule has 0 spiro atoms. The first-order chi connectivity index (χ1) is 17.4. The summed E-state index contributed by atoms with van der Waals surface area (Å²) in [5.41, 5.74) is 1.66. The van der Waals surface area contributed by atoms with Crippen LogP contribution >= 0.6 is 31.9 Å². The maximum Gasteiger partial charge on any atom is 0.284 e. The van der Waals surface area contributed by atoms with Crippen molar-refractivity contribution in [2.45, 2.75) is 0 Å². The highest BCUT2D eigenvalue weighted by atomic mass is 79.9. The predicted octanol–water partition coefficient (Wildman–Crippen LogP) is 9.31. The fraction of sp³-hybridized carbons (Fsp3) is 0. The third kappa shape index (κ3) is 3.29. The van der Waals surface area contributed by atoms with Gasteiger partial charge < -0.3 is 0 Å². The minimum absolute atomic E-state index is 0.0357. The van der Waals surface area contributed by atoms with Gasteiger partial charge in [0.15, 0.2) is 0 Å². The van der Waals surface area contributed by atoms with Gasteiger partial charge >= 0.3 is 0 Å². The zero-order valence-electron chi connectivity index (χ0n) is 18.4. The summed E-state index contributed by atoms with van der Waals surface area (Å²) in [6.07, 6.45) is 0. The van der Waals surface area contributed by atoms with Gasteiger partial charge in [0.05, 0.1) is 31.4 Å². The van der Waals surface area contributed by atoms with Crippen LogP contribution in [0.1, 0.15) is 0 Å². The summed E-state index contributed by atoms with van der Waals surface area (Å²) in [6.45, 7) is 0. The molecule has 0 radical (unpaired) electrons. The third-order valence-electron chi connectivity index (χ3n) is 6.53. The molecule has 0 aromatic heterocycles. The van der Waals surface area contributed by atoms with E-state index < -0.39 is 0 Å². The number of fused-ring (bicyclic) bond motifs is 4. The van der Waals surface area contributed by atoms with Crippen LogP contribution in [0.2, 0.25) is 0 Å². The van der Waals surface area contributed by atoms with Gasteiger partial charge in [-0.15, -0.1) is 0 Å². The Labute approximate surface area is 220 Å². The van der Waals surface area contributed by atoms with E-state index in [1.807, 2.05) is 36.4 Å². The van der Waals surface area contributed by atoms with Gasteiger partial charge in [-0.05, 0) is 81.2 Å². The van der Waals surface area contributed by atoms with Crippen LogP contribution < -0.4 is 0 Å². The van der Waals surface area contributed by atoms with Crippen LogP contribution in [0.15, 0.2) is 93.9 Å². The highest BCUT2D eigenvalue weighted by molar-refractivity contribution is 9.10. The number of hydrogen-bond acceptors (Lipinski definition) is 4. The van der Waals surface area contributed by atoms with Gasteiger partial charge in [0.1, 0.15) is 0 Å². The Morgan fingerprint density at radius 3 is 1.17 bits per heavy atom. The van der Waals surface area contributed by atoms with Crippen molar-refractivity contribution in [3.63, 3.8) is 0 Å². The number of non-ortho nitro benzene ring substituents is 2. The smallest absolute Gasteiger partial charge is 0.258 e. The normalized spacial score (nSPS) is 11.5. The Morgan fingerprint density at radius 1 is 0.472 bits per heavy atom. The van der Waals surface area contributed by atoms with Crippen LogP contribution in [0.4, 0.5) is 11.4 Å². The van der Waals surface area contributed by atoms with Gasteiger partial charge in [0.25, 0.3) is 11.4 Å². The van der Waals surface area contributed by atoms with Crippen LogP contribution in [0, 0.1) is 20.2 Å². The number of nitrogens with zero attached hydrogens (tertiary/aromatic N) is 2. The van der Waals surface area contributed by atoms with Gasteiger partial charge in [-0.3, -0.25) is 20.2 Å². The topological polar surface area (TPSA) is 86.3 Å². The average molecular weight is 602 g/mol. The van der Waals surface area contributed by atoms with E-state index in [9.17, 15) is 20.2 Å². The Balaban J connectivity index is 1.98. The second-order valence-electron chi connectivity index (χ2n) is 8.43. The van der Waals surface area contributed by atoms with Gasteiger partial charge in [-0.25, -0.2) is 0 Å². The molecule has 0 aliphatic rings. The molecule has 36 heavy (non-hydrogen) atoms. The number of rotatable bonds is 3. The predicted molar refractivity (Wildman–Crippen MR) is 151 cm³/mol. The van der Waals surface area contributed by atoms with E-state index in [1.54, 1.807) is 48.5 Å². The molecule has 0 amide bonds. The Bertz CT molecular complexity index is 1790. The Hall–Kier alpha value is -3.88. The second-order valence-corrected chi connectivity index (χ2v) is 10.3. The highest BCUT2D eigenvalue weighted by Gasteiger charge is 2.27. The summed E-state index contributed by atoms with van der Waals surface area (Å²) >= 11 is 7.08. The minimum Gasteiger partial charge on any atom is -0.258 e. The molecule has 0 aliphatic heterocycles. The Kier molecular flexibility index (Phi) is 5.24. The molecule has 6 nitrogen and oxygen atoms in total. The first kappa shape index (κ1) is 22.6. The first-order valence-corrected chi connectivity index (χ1v) is 12.5. The molecule has 0 heterocycles. The maximum atomic E-state index is 12.3. The van der Waals surface area contributed by atoms with Crippen molar-refractivity contribution in [3.05, 3.63) is 114 Å². The summed E-state index contributed by atoms with van der Waals surface area (Å²) in [5.74, 6) is 0. The standard InChI is InChI=1S/C28H14Br2N2O4/c29-15-9-11-21-23(13-15)25(17-5-1-3-7-19(17)27(21)31(33)34)26-18-6-2-4-8-20(18)28(32(35)36)22-12-10-16(30)14-24(22)26/h1-14H. The maximum absolute atomic E-state index is 12.3. The number of nitro groups is 2. The van der Waals surface area contributed by atoms with E-state index in [-0.39, 0.29) is 21.2 Å². The largest absolute Gasteiger partial charge is 0.284 e. The fourth-order valence-electron chi connectivity index (χ4n) is 5.19. The fourth-order valence-corrected chi connectivity index (χ4v) is 5.91. The summed E-state index contributed by atoms with van der Waals surface area (Å²) in [6, 6.07) is 25.4. The van der Waals surface area contributed by atoms with Gasteiger partial charge in [0.2, 0.25) is 0 Å². The van der Waals surface area contributed by atoms with E-state index in [0.717, 1.165) is 20.1 Å². The van der Waals surface area contributed by atoms with Crippen molar-refractivity contribution in [2.75, 3.05) is 0 Å². The summed E-state index contributed by atoms with van der Waals surface area (Å²) in [5, 5.41) is 29.3. The highest BCUT2D eigenvalue weighted by Crippen LogP contribution is 2.50. The Morgan fingerprint density at radius 2 is 0.806 bits per heavy atom. The quantitative estimate of drug-likeness (QED) is 0.115. The van der Waals surface area contributed by atoms with Gasteiger partial charge in [-0.1, -0.05) is 68.3 Å². The minimum atomic E-state index is -0.342. The third-order valence-corrected chi connectivity index (χ3v) is 7.52. The molecule has 6 rings (SSSR count). The van der Waals surface area contributed by atoms with Crippen LogP contribution in [0.3, 0.4) is 0 Å². The van der Waals surface area contributed by atoms with Crippen LogP contribution in [-0.2, 0) is 0 Å². The monoisotopic (exact) mass is 600 g/mol. The summed E-state index contributed by atoms with van der Waals surface area (Å²) in [7, 11) is 0. The molecule has 6 aromatic carbocycles. The van der Waals surface area contributed by atoms with Crippen molar-refractivity contribution in [1.82, 2.24) is 0 Å². The van der Waals surface area contributed by atoms with Crippen molar-refractivity contribution in [1.29, 1.82) is 0 Å². The molecule has 0 saturated heterocycles. The number of nitro benzene ring substituents is 2. The van der Waals surface area contributed by atoms with Crippen molar-refractivity contribution < 1.29 is 9.85 Å². The zero-order chi connectivity index (χ0) is 25.1. The number of halogens is 2. The van der Waals surface area contributed by atoms with E-state index >= 15 is 0 Å². The van der Waals surface area contributed by atoms with Gasteiger partial charge in [0, 0.05) is 8.95 Å². The van der Waals surface area contributed by atoms with Crippen molar-refractivity contribution in [2.24, 2.45) is 0 Å². The lowest BCUT2D eigenvalue weighted by Crippen LogP contribution is -1.98. The molecule has 0 saturated carbocycles. The van der Waals surface area contributed by atoms with E-state index in [1.165, 1.54) is 0 Å². The second kappa shape index (κ2) is 8.36. The number of benzene rings is 6. The molecular formula is C28H14Br2N2O4.